The van der Waals surface area contributed by atoms with Gasteiger partial charge in [0.05, 0.1) is 46.8 Å². The highest BCUT2D eigenvalue weighted by molar-refractivity contribution is 7.99. The summed E-state index contributed by atoms with van der Waals surface area (Å²) in [5, 5.41) is 9.25. The molecule has 0 radical (unpaired) electrons. The number of carbonyl (C=O) groups is 1. The van der Waals surface area contributed by atoms with E-state index >= 15 is 0 Å². The smallest absolute Gasteiger partial charge is 0.416 e. The fourth-order valence-electron chi connectivity index (χ4n) is 3.66. The minimum atomic E-state index is -4.97. The minimum Gasteiger partial charge on any atom is -0.465 e. The van der Waals surface area contributed by atoms with Crippen molar-refractivity contribution in [3.63, 3.8) is 0 Å². The Bertz CT molecular complexity index is 1330. The molecule has 4 nitrogen and oxygen atoms in total. The van der Waals surface area contributed by atoms with E-state index in [4.69, 9.17) is 4.74 Å². The molecule has 0 atom stereocenters. The molecule has 4 rings (SSSR count). The first kappa shape index (κ1) is 24.5. The maximum atomic E-state index is 13.4. The van der Waals surface area contributed by atoms with Crippen molar-refractivity contribution < 1.29 is 35.9 Å². The van der Waals surface area contributed by atoms with Gasteiger partial charge in [0.25, 0.3) is 0 Å². The van der Waals surface area contributed by atoms with E-state index in [0.29, 0.717) is 38.9 Å². The number of carbonyl (C=O) groups excluding carboxylic acids is 1. The lowest BCUT2D eigenvalue weighted by Crippen LogP contribution is -2.22. The summed E-state index contributed by atoms with van der Waals surface area (Å²) >= 11 is 1.22. The monoisotopic (exact) mass is 508 g/mol. The SMILES string of the molecule is COC(=O)c1ccc2c(c1)Sc1cc(C#N)ccc1N2Cc1cc(C(F)(F)F)cc(C(F)(F)F)c1. The van der Waals surface area contributed by atoms with Gasteiger partial charge in [0.1, 0.15) is 0 Å². The minimum absolute atomic E-state index is 0.0826. The molecular formula is C24H14F6N2O2S. The Balaban J connectivity index is 1.86. The van der Waals surface area contributed by atoms with E-state index in [9.17, 15) is 36.4 Å². The van der Waals surface area contributed by atoms with Gasteiger partial charge in [-0.15, -0.1) is 0 Å². The van der Waals surface area contributed by atoms with Gasteiger partial charge in [-0.2, -0.15) is 31.6 Å². The molecule has 0 unspecified atom stereocenters. The van der Waals surface area contributed by atoms with Crippen LogP contribution >= 0.6 is 11.8 Å². The quantitative estimate of drug-likeness (QED) is 0.277. The number of hydrogen-bond donors (Lipinski definition) is 0. The Morgan fingerprint density at radius 3 is 2.03 bits per heavy atom. The van der Waals surface area contributed by atoms with Crippen LogP contribution in [0.25, 0.3) is 0 Å². The number of ether oxygens (including phenoxy) is 1. The number of anilines is 2. The van der Waals surface area contributed by atoms with Crippen molar-refractivity contribution in [2.75, 3.05) is 12.0 Å². The first-order chi connectivity index (χ1) is 16.4. The van der Waals surface area contributed by atoms with Crippen molar-refractivity contribution in [2.45, 2.75) is 28.7 Å². The van der Waals surface area contributed by atoms with Gasteiger partial charge in [-0.1, -0.05) is 11.8 Å². The number of benzene rings is 3. The molecule has 0 fully saturated rings. The molecule has 3 aromatic carbocycles. The van der Waals surface area contributed by atoms with Crippen molar-refractivity contribution in [1.29, 1.82) is 5.26 Å². The molecule has 0 bridgehead atoms. The molecule has 0 aromatic heterocycles. The number of methoxy groups -OCH3 is 1. The van der Waals surface area contributed by atoms with Gasteiger partial charge in [0.2, 0.25) is 0 Å². The zero-order valence-corrected chi connectivity index (χ0v) is 18.6. The van der Waals surface area contributed by atoms with Crippen molar-refractivity contribution in [3.8, 4) is 6.07 Å². The van der Waals surface area contributed by atoms with Crippen LogP contribution in [0.1, 0.15) is 32.6 Å². The van der Waals surface area contributed by atoms with Gasteiger partial charge in [-0.3, -0.25) is 0 Å². The normalized spacial score (nSPS) is 13.0. The van der Waals surface area contributed by atoms with Crippen LogP contribution in [0.4, 0.5) is 37.7 Å². The zero-order chi connectivity index (χ0) is 25.5. The van der Waals surface area contributed by atoms with Crippen LogP contribution in [-0.4, -0.2) is 13.1 Å². The summed E-state index contributed by atoms with van der Waals surface area (Å²) < 4.78 is 85.0. The Labute approximate surface area is 199 Å². The lowest BCUT2D eigenvalue weighted by atomic mass is 10.0. The van der Waals surface area contributed by atoms with Crippen LogP contribution < -0.4 is 4.90 Å². The Hall–Kier alpha value is -3.65. The summed E-state index contributed by atoms with van der Waals surface area (Å²) in [5.74, 6) is -0.607. The average Bonchev–Trinajstić information content (AvgIpc) is 2.81. The number of alkyl halides is 6. The third-order valence-corrected chi connectivity index (χ3v) is 6.35. The van der Waals surface area contributed by atoms with Crippen molar-refractivity contribution in [3.05, 3.63) is 82.4 Å². The van der Waals surface area contributed by atoms with Crippen LogP contribution in [0.2, 0.25) is 0 Å². The zero-order valence-electron chi connectivity index (χ0n) is 17.8. The van der Waals surface area contributed by atoms with Crippen LogP contribution in [0.3, 0.4) is 0 Å². The van der Waals surface area contributed by atoms with E-state index in [1.807, 2.05) is 6.07 Å². The van der Waals surface area contributed by atoms with Gasteiger partial charge < -0.3 is 9.64 Å². The Morgan fingerprint density at radius 2 is 1.49 bits per heavy atom. The van der Waals surface area contributed by atoms with Crippen LogP contribution in [0, 0.1) is 11.3 Å². The number of fused-ring (bicyclic) bond motifs is 2. The Morgan fingerprint density at radius 1 is 0.914 bits per heavy atom. The molecule has 35 heavy (non-hydrogen) atoms. The van der Waals surface area contributed by atoms with E-state index in [1.165, 1.54) is 37.1 Å². The predicted molar refractivity (Wildman–Crippen MR) is 115 cm³/mol. The molecular weight excluding hydrogens is 494 g/mol. The second-order valence-electron chi connectivity index (χ2n) is 7.57. The summed E-state index contributed by atoms with van der Waals surface area (Å²) in [6.45, 7) is -0.322. The molecule has 0 saturated carbocycles. The van der Waals surface area contributed by atoms with E-state index in [2.05, 4.69) is 0 Å². The Kier molecular flexibility index (Phi) is 6.19. The van der Waals surface area contributed by atoms with E-state index in [1.54, 1.807) is 23.1 Å². The summed E-state index contributed by atoms with van der Waals surface area (Å²) in [5.41, 5.74) is -1.51. The standard InChI is InChI=1S/C24H14F6N2O2S/c1-34-22(33)15-3-5-19-21(9-15)35-20-8-13(11-31)2-4-18(20)32(19)12-14-6-16(23(25,26)27)10-17(7-14)24(28,29)30/h2-10H,12H2,1H3. The third-order valence-electron chi connectivity index (χ3n) is 5.26. The number of nitriles is 1. The fourth-order valence-corrected chi connectivity index (χ4v) is 4.84. The lowest BCUT2D eigenvalue weighted by Gasteiger charge is -2.33. The third kappa shape index (κ3) is 4.93. The molecule has 180 valence electrons. The van der Waals surface area contributed by atoms with Crippen molar-refractivity contribution in [2.24, 2.45) is 0 Å². The highest BCUT2D eigenvalue weighted by atomic mass is 32.2. The lowest BCUT2D eigenvalue weighted by molar-refractivity contribution is -0.143. The molecule has 0 aliphatic carbocycles. The topological polar surface area (TPSA) is 53.3 Å². The number of esters is 1. The van der Waals surface area contributed by atoms with Crippen LogP contribution in [0.5, 0.6) is 0 Å². The highest BCUT2D eigenvalue weighted by Gasteiger charge is 2.37. The summed E-state index contributed by atoms with van der Waals surface area (Å²) in [7, 11) is 1.21. The largest absolute Gasteiger partial charge is 0.465 e. The molecule has 0 N–H and O–H groups in total. The second kappa shape index (κ2) is 8.85. The first-order valence-corrected chi connectivity index (χ1v) is 10.7. The fraction of sp³-hybridized carbons (Fsp3) is 0.167. The summed E-state index contributed by atoms with van der Waals surface area (Å²) in [6.07, 6.45) is -9.94. The van der Waals surface area contributed by atoms with Crippen LogP contribution in [0.15, 0.2) is 64.4 Å². The molecule has 1 aliphatic rings. The molecule has 1 aliphatic heterocycles. The van der Waals surface area contributed by atoms with Crippen LogP contribution in [-0.2, 0) is 23.6 Å². The number of nitrogens with zero attached hydrogens (tertiary/aromatic N) is 2. The maximum absolute atomic E-state index is 13.4. The molecule has 1 heterocycles. The second-order valence-corrected chi connectivity index (χ2v) is 8.65. The molecule has 3 aromatic rings. The first-order valence-electron chi connectivity index (χ1n) is 9.91. The molecule has 11 heteroatoms. The van der Waals surface area contributed by atoms with Gasteiger partial charge in [-0.25, -0.2) is 4.79 Å². The molecule has 0 amide bonds. The summed E-state index contributed by atoms with van der Waals surface area (Å²) in [6, 6.07) is 12.6. The van der Waals surface area contributed by atoms with Gasteiger partial charge in [0.15, 0.2) is 0 Å². The van der Waals surface area contributed by atoms with Gasteiger partial charge >= 0.3 is 18.3 Å². The predicted octanol–water partition coefficient (Wildman–Crippen LogP) is 7.19. The average molecular weight is 508 g/mol. The van der Waals surface area contributed by atoms with Crippen molar-refractivity contribution >= 4 is 29.1 Å². The number of halogens is 6. The molecule has 0 saturated heterocycles. The maximum Gasteiger partial charge on any atom is 0.416 e. The van der Waals surface area contributed by atoms with Gasteiger partial charge in [0, 0.05) is 16.3 Å². The van der Waals surface area contributed by atoms with E-state index in [0.717, 1.165) is 0 Å². The number of hydrogen-bond acceptors (Lipinski definition) is 5. The summed E-state index contributed by atoms with van der Waals surface area (Å²) in [4.78, 5) is 14.6. The van der Waals surface area contributed by atoms with E-state index < -0.39 is 29.4 Å². The van der Waals surface area contributed by atoms with Crippen molar-refractivity contribution in [1.82, 2.24) is 0 Å². The number of rotatable bonds is 3. The molecule has 0 spiro atoms. The van der Waals surface area contributed by atoms with E-state index in [-0.39, 0.29) is 23.7 Å². The van der Waals surface area contributed by atoms with Gasteiger partial charge in [-0.05, 0) is 60.2 Å². The highest BCUT2D eigenvalue weighted by Crippen LogP contribution is 2.49.